The van der Waals surface area contributed by atoms with Gasteiger partial charge < -0.3 is 10.0 Å². The molecule has 6 rings (SSSR count). The van der Waals surface area contributed by atoms with E-state index in [1.165, 1.54) is 30.1 Å². The quantitative estimate of drug-likeness (QED) is 0.401. The second-order valence-electron chi connectivity index (χ2n) is 9.97. The van der Waals surface area contributed by atoms with Gasteiger partial charge in [-0.05, 0) is 56.9 Å². The normalized spacial score (nSPS) is 20.2. The maximum atomic E-state index is 13.8. The summed E-state index contributed by atoms with van der Waals surface area (Å²) in [6, 6.07) is 10.6. The molecular weight excluding hydrogens is 517 g/mol. The summed E-state index contributed by atoms with van der Waals surface area (Å²) in [5, 5.41) is 37.8. The van der Waals surface area contributed by atoms with Crippen molar-refractivity contribution in [2.45, 2.75) is 60.5 Å². The predicted octanol–water partition coefficient (Wildman–Crippen LogP) is 4.23. The van der Waals surface area contributed by atoms with Crippen molar-refractivity contribution in [1.82, 2.24) is 24.3 Å². The van der Waals surface area contributed by atoms with Crippen molar-refractivity contribution in [1.29, 1.82) is 10.5 Å². The zero-order chi connectivity index (χ0) is 27.3. The summed E-state index contributed by atoms with van der Waals surface area (Å²) < 4.78 is 17.4. The summed E-state index contributed by atoms with van der Waals surface area (Å²) in [7, 11) is 0. The van der Waals surface area contributed by atoms with Crippen LogP contribution in [0, 0.1) is 35.4 Å². The third kappa shape index (κ3) is 4.24. The maximum Gasteiger partial charge on any atom is 0.248 e. The highest BCUT2D eigenvalue weighted by atomic mass is 32.2. The second-order valence-corrected chi connectivity index (χ2v) is 11.1. The summed E-state index contributed by atoms with van der Waals surface area (Å²) in [6.07, 6.45) is 8.64. The fraction of sp³-hybridized carbons (Fsp3) is 0.321. The molecular formula is C28H24FN7O2S. The van der Waals surface area contributed by atoms with Gasteiger partial charge >= 0.3 is 0 Å². The fourth-order valence-corrected chi connectivity index (χ4v) is 7.17. The Morgan fingerprint density at radius 2 is 1.82 bits per heavy atom. The third-order valence-corrected chi connectivity index (χ3v) is 8.92. The first kappa shape index (κ1) is 25.1. The highest BCUT2D eigenvalue weighted by molar-refractivity contribution is 7.99. The number of hydrogen-bond donors (Lipinski definition) is 1. The minimum absolute atomic E-state index is 0.110. The van der Waals surface area contributed by atoms with E-state index in [1.807, 2.05) is 41.0 Å². The van der Waals surface area contributed by atoms with Crippen molar-refractivity contribution < 1.29 is 14.3 Å². The Labute approximate surface area is 228 Å². The van der Waals surface area contributed by atoms with Crippen LogP contribution in [0.4, 0.5) is 4.39 Å². The number of nitriles is 2. The number of nitrogens with zero attached hydrogens (tertiary/aromatic N) is 7. The number of hydrogen-bond acceptors (Lipinski definition) is 7. The van der Waals surface area contributed by atoms with Crippen LogP contribution in [0.25, 0.3) is 16.6 Å². The van der Waals surface area contributed by atoms with Crippen molar-refractivity contribution in [3.8, 4) is 23.3 Å². The highest BCUT2D eigenvalue weighted by Crippen LogP contribution is 2.42. The van der Waals surface area contributed by atoms with Crippen LogP contribution in [0.5, 0.6) is 0 Å². The lowest BCUT2D eigenvalue weighted by Crippen LogP contribution is -2.48. The molecule has 2 saturated heterocycles. The summed E-state index contributed by atoms with van der Waals surface area (Å²) in [4.78, 5) is 15.4. The first-order chi connectivity index (χ1) is 18.9. The SMILES string of the molecule is Cc1c(-c2cc(Sc3ccc(F)cc3C#N)c3c(C#N)cnn3c2)cnn1[C@H]1CC2CC[C@H](C1)N2C(=O)CO. The summed E-state index contributed by atoms with van der Waals surface area (Å²) >= 11 is 1.29. The molecule has 1 N–H and O–H groups in total. The van der Waals surface area contributed by atoms with Gasteiger partial charge in [-0.2, -0.15) is 20.7 Å². The molecule has 2 fully saturated rings. The van der Waals surface area contributed by atoms with Crippen LogP contribution in [0.1, 0.15) is 48.5 Å². The number of aliphatic hydroxyl groups excluding tert-OH is 1. The number of rotatable bonds is 5. The van der Waals surface area contributed by atoms with Crippen LogP contribution in [-0.4, -0.2) is 54.0 Å². The van der Waals surface area contributed by atoms with Gasteiger partial charge in [-0.3, -0.25) is 9.48 Å². The third-order valence-electron chi connectivity index (χ3n) is 7.81. The molecule has 5 heterocycles. The minimum Gasteiger partial charge on any atom is -0.387 e. The minimum atomic E-state index is -0.486. The Bertz CT molecular complexity index is 1680. The lowest BCUT2D eigenvalue weighted by molar-refractivity contribution is -0.139. The smallest absolute Gasteiger partial charge is 0.248 e. The predicted molar refractivity (Wildman–Crippen MR) is 140 cm³/mol. The van der Waals surface area contributed by atoms with E-state index in [-0.39, 0.29) is 29.6 Å². The van der Waals surface area contributed by atoms with Gasteiger partial charge in [0.2, 0.25) is 5.91 Å². The average molecular weight is 542 g/mol. The lowest BCUT2D eigenvalue weighted by Gasteiger charge is -2.39. The molecule has 2 aliphatic rings. The van der Waals surface area contributed by atoms with Gasteiger partial charge in [-0.25, -0.2) is 8.91 Å². The number of aromatic nitrogens is 4. The Kier molecular flexibility index (Phi) is 6.34. The number of carbonyl (C=O) groups is 1. The average Bonchev–Trinajstić information content (AvgIpc) is 3.62. The molecule has 2 bridgehead atoms. The molecule has 9 nitrogen and oxygen atoms in total. The van der Waals surface area contributed by atoms with E-state index in [0.717, 1.165) is 42.5 Å². The van der Waals surface area contributed by atoms with Gasteiger partial charge in [0.05, 0.1) is 35.1 Å². The van der Waals surface area contributed by atoms with Gasteiger partial charge in [0.15, 0.2) is 0 Å². The van der Waals surface area contributed by atoms with Crippen LogP contribution in [-0.2, 0) is 4.79 Å². The van der Waals surface area contributed by atoms with Gasteiger partial charge in [0.1, 0.15) is 24.6 Å². The second kappa shape index (κ2) is 9.84. The molecule has 2 aliphatic heterocycles. The Hall–Kier alpha value is -4.19. The first-order valence-electron chi connectivity index (χ1n) is 12.7. The van der Waals surface area contributed by atoms with E-state index in [9.17, 15) is 24.8 Å². The molecule has 1 amide bonds. The molecule has 1 unspecified atom stereocenters. The number of pyridine rings is 1. The van der Waals surface area contributed by atoms with Gasteiger partial charge in [0.25, 0.3) is 0 Å². The van der Waals surface area contributed by atoms with E-state index in [4.69, 9.17) is 5.10 Å². The van der Waals surface area contributed by atoms with Crippen LogP contribution in [0.15, 0.2) is 52.6 Å². The topological polar surface area (TPSA) is 123 Å². The summed E-state index contributed by atoms with van der Waals surface area (Å²) in [5.41, 5.74) is 3.96. The number of carbonyl (C=O) groups excluding carboxylic acids is 1. The first-order valence-corrected chi connectivity index (χ1v) is 13.5. The lowest BCUT2D eigenvalue weighted by atomic mass is 9.96. The van der Waals surface area contributed by atoms with Crippen LogP contribution < -0.4 is 0 Å². The van der Waals surface area contributed by atoms with E-state index in [2.05, 4.69) is 11.2 Å². The molecule has 4 aromatic rings. The van der Waals surface area contributed by atoms with Crippen molar-refractivity contribution >= 4 is 23.2 Å². The van der Waals surface area contributed by atoms with Gasteiger partial charge in [0, 0.05) is 44.9 Å². The Morgan fingerprint density at radius 1 is 1.08 bits per heavy atom. The molecule has 0 spiro atoms. The molecule has 3 aromatic heterocycles. The van der Waals surface area contributed by atoms with Crippen LogP contribution in [0.3, 0.4) is 0 Å². The number of piperidine rings is 1. The van der Waals surface area contributed by atoms with E-state index in [0.29, 0.717) is 20.9 Å². The zero-order valence-electron chi connectivity index (χ0n) is 21.1. The molecule has 3 atom stereocenters. The Morgan fingerprint density at radius 3 is 2.51 bits per heavy atom. The molecule has 11 heteroatoms. The number of benzene rings is 1. The van der Waals surface area contributed by atoms with E-state index < -0.39 is 12.4 Å². The monoisotopic (exact) mass is 541 g/mol. The molecule has 0 radical (unpaired) electrons. The molecule has 0 aliphatic carbocycles. The molecule has 39 heavy (non-hydrogen) atoms. The van der Waals surface area contributed by atoms with Crippen molar-refractivity contribution in [2.24, 2.45) is 0 Å². The number of amides is 1. The van der Waals surface area contributed by atoms with Crippen molar-refractivity contribution in [2.75, 3.05) is 6.61 Å². The molecule has 0 saturated carbocycles. The van der Waals surface area contributed by atoms with Crippen molar-refractivity contribution in [3.05, 3.63) is 65.5 Å². The van der Waals surface area contributed by atoms with E-state index in [1.54, 1.807) is 10.6 Å². The number of aliphatic hydroxyl groups is 1. The maximum absolute atomic E-state index is 13.8. The van der Waals surface area contributed by atoms with E-state index >= 15 is 0 Å². The Balaban J connectivity index is 1.37. The molecule has 196 valence electrons. The summed E-state index contributed by atoms with van der Waals surface area (Å²) in [6.45, 7) is 1.56. The van der Waals surface area contributed by atoms with Gasteiger partial charge in [-0.15, -0.1) is 0 Å². The van der Waals surface area contributed by atoms with Crippen LogP contribution in [0.2, 0.25) is 0 Å². The number of fused-ring (bicyclic) bond motifs is 3. The highest BCUT2D eigenvalue weighted by Gasteiger charge is 2.44. The fourth-order valence-electron chi connectivity index (χ4n) is 6.10. The largest absolute Gasteiger partial charge is 0.387 e. The standard InChI is InChI=1S/C28H24FN7O2S/c1-16-24(13-33-36(16)23-8-21-3-4-22(9-23)35(21)27(38)15-37)18-7-26(28-19(11-31)12-32-34(28)14-18)39-25-5-2-20(29)6-17(25)10-30/h2,5-7,12-14,21-23,37H,3-4,8-9,15H2,1H3/t21-,22?,23-/m1/s1. The number of halogens is 1. The molecule has 1 aromatic carbocycles. The van der Waals surface area contributed by atoms with Gasteiger partial charge in [-0.1, -0.05) is 11.8 Å². The summed E-state index contributed by atoms with van der Waals surface area (Å²) in [5.74, 6) is -0.686. The van der Waals surface area contributed by atoms with Crippen molar-refractivity contribution in [3.63, 3.8) is 0 Å². The van der Waals surface area contributed by atoms with Crippen LogP contribution >= 0.6 is 11.8 Å². The zero-order valence-corrected chi connectivity index (χ0v) is 21.9.